The van der Waals surface area contributed by atoms with Crippen LogP contribution in [0.5, 0.6) is 0 Å². The quantitative estimate of drug-likeness (QED) is 0.118. The Balaban J connectivity index is 1.03. The maximum Gasteiger partial charge on any atom is 0.252 e. The van der Waals surface area contributed by atoms with E-state index in [0.717, 1.165) is 67.2 Å². The van der Waals surface area contributed by atoms with Crippen LogP contribution in [-0.2, 0) is 0 Å². The smallest absolute Gasteiger partial charge is 0.252 e. The third-order valence-electron chi connectivity index (χ3n) is 15.5. The number of hydrogen-bond donors (Lipinski definition) is 0. The predicted octanol–water partition coefficient (Wildman–Crippen LogP) is 16.4. The van der Waals surface area contributed by atoms with Crippen LogP contribution < -0.4 is 26.2 Å². The first kappa shape index (κ1) is 42.8. The van der Waals surface area contributed by atoms with E-state index in [1.54, 1.807) is 0 Å². The van der Waals surface area contributed by atoms with Gasteiger partial charge >= 0.3 is 0 Å². The molecule has 0 atom stereocenters. The van der Waals surface area contributed by atoms with Gasteiger partial charge in [-0.3, -0.25) is 4.98 Å². The number of aromatic nitrogens is 2. The van der Waals surface area contributed by atoms with Gasteiger partial charge in [-0.05, 0) is 120 Å². The van der Waals surface area contributed by atoms with Crippen LogP contribution in [0, 0.1) is 0 Å². The Morgan fingerprint density at radius 2 is 0.640 bits per heavy atom. The molecule has 0 spiro atoms. The van der Waals surface area contributed by atoms with Gasteiger partial charge in [-0.2, -0.15) is 0 Å². The molecule has 0 unspecified atom stereocenters. The van der Waals surface area contributed by atoms with Crippen molar-refractivity contribution in [2.24, 2.45) is 0 Å². The fraction of sp³-hybridized carbons (Fsp3) is 0. The summed E-state index contributed by atoms with van der Waals surface area (Å²) in [7, 11) is 0. The highest BCUT2D eigenvalue weighted by molar-refractivity contribution is 7.00. The van der Waals surface area contributed by atoms with Crippen LogP contribution in [0.2, 0.25) is 0 Å². The molecule has 75 heavy (non-hydrogen) atoms. The first-order chi connectivity index (χ1) is 37.2. The van der Waals surface area contributed by atoms with E-state index in [-0.39, 0.29) is 6.71 Å². The van der Waals surface area contributed by atoms with Crippen LogP contribution in [0.1, 0.15) is 0 Å². The molecule has 0 aliphatic carbocycles. The molecular weight excluding hydrogens is 908 g/mol. The van der Waals surface area contributed by atoms with Crippen LogP contribution >= 0.6 is 0 Å². The lowest BCUT2D eigenvalue weighted by Gasteiger charge is -2.44. The first-order valence-electron chi connectivity index (χ1n) is 25.7. The summed E-state index contributed by atoms with van der Waals surface area (Å²) < 4.78 is 0. The van der Waals surface area contributed by atoms with Gasteiger partial charge in [0, 0.05) is 50.5 Å². The number of anilines is 6. The van der Waals surface area contributed by atoms with Gasteiger partial charge in [0.2, 0.25) is 0 Å². The van der Waals surface area contributed by atoms with Crippen LogP contribution in [0.3, 0.4) is 0 Å². The van der Waals surface area contributed by atoms with Crippen molar-refractivity contribution in [3.63, 3.8) is 0 Å². The zero-order valence-corrected chi connectivity index (χ0v) is 40.8. The van der Waals surface area contributed by atoms with Crippen LogP contribution in [0.15, 0.2) is 273 Å². The fourth-order valence-corrected chi connectivity index (χ4v) is 12.0. The molecule has 4 nitrogen and oxygen atoms in total. The molecule has 0 radical (unpaired) electrons. The fourth-order valence-electron chi connectivity index (χ4n) is 12.0. The Hall–Kier alpha value is -9.84. The number of fused-ring (bicyclic) bond motifs is 10. The van der Waals surface area contributed by atoms with Crippen molar-refractivity contribution in [3.05, 3.63) is 273 Å². The summed E-state index contributed by atoms with van der Waals surface area (Å²) >= 11 is 0. The van der Waals surface area contributed by atoms with Gasteiger partial charge in [0.15, 0.2) is 0 Å². The Labute approximate surface area is 436 Å². The Morgan fingerprint density at radius 1 is 0.280 bits per heavy atom. The largest absolute Gasteiger partial charge is 0.311 e. The van der Waals surface area contributed by atoms with Gasteiger partial charge in [-0.1, -0.05) is 218 Å². The predicted molar refractivity (Wildman–Crippen MR) is 316 cm³/mol. The van der Waals surface area contributed by atoms with E-state index in [4.69, 9.17) is 9.97 Å². The zero-order valence-electron chi connectivity index (χ0n) is 40.8. The lowest BCUT2D eigenvalue weighted by Crippen LogP contribution is -2.61. The number of hydrogen-bond acceptors (Lipinski definition) is 4. The molecule has 13 aromatic rings. The maximum atomic E-state index is 5.65. The van der Waals surface area contributed by atoms with Crippen LogP contribution in [0.25, 0.3) is 88.3 Å². The second kappa shape index (κ2) is 17.4. The summed E-state index contributed by atoms with van der Waals surface area (Å²) in [5.41, 5.74) is 23.4. The van der Waals surface area contributed by atoms with Gasteiger partial charge in [-0.25, -0.2) is 4.98 Å². The monoisotopic (exact) mass is 952 g/mol. The van der Waals surface area contributed by atoms with Gasteiger partial charge in [0.25, 0.3) is 6.71 Å². The summed E-state index contributed by atoms with van der Waals surface area (Å²) in [6.07, 6.45) is 1.99. The minimum Gasteiger partial charge on any atom is -0.311 e. The van der Waals surface area contributed by atoms with Gasteiger partial charge in [0.1, 0.15) is 0 Å². The van der Waals surface area contributed by atoms with Gasteiger partial charge in [-0.15, -0.1) is 0 Å². The van der Waals surface area contributed by atoms with Crippen molar-refractivity contribution in [3.8, 4) is 55.8 Å². The molecule has 0 saturated heterocycles. The molecule has 15 rings (SSSR count). The van der Waals surface area contributed by atoms with Crippen molar-refractivity contribution in [1.29, 1.82) is 0 Å². The molecule has 5 heteroatoms. The molecular formula is C70H45BN4. The molecule has 0 fully saturated rings. The average Bonchev–Trinajstić information content (AvgIpc) is 3.50. The molecule has 2 aliphatic rings. The molecule has 0 bridgehead atoms. The van der Waals surface area contributed by atoms with Crippen LogP contribution in [0.4, 0.5) is 34.1 Å². The number of rotatable bonds is 7. The molecule has 2 aliphatic heterocycles. The van der Waals surface area contributed by atoms with E-state index in [1.165, 1.54) is 71.7 Å². The highest BCUT2D eigenvalue weighted by Crippen LogP contribution is 2.48. The van der Waals surface area contributed by atoms with Gasteiger partial charge < -0.3 is 9.80 Å². The lowest BCUT2D eigenvalue weighted by molar-refractivity contribution is 1.24. The van der Waals surface area contributed by atoms with Crippen molar-refractivity contribution >= 4 is 89.8 Å². The van der Waals surface area contributed by atoms with E-state index in [9.17, 15) is 0 Å². The highest BCUT2D eigenvalue weighted by atomic mass is 15.2. The minimum atomic E-state index is -0.126. The summed E-state index contributed by atoms with van der Waals surface area (Å²) in [4.78, 5) is 16.0. The molecule has 0 N–H and O–H groups in total. The summed E-state index contributed by atoms with van der Waals surface area (Å²) in [6.45, 7) is -0.126. The van der Waals surface area contributed by atoms with Crippen molar-refractivity contribution in [1.82, 2.24) is 9.97 Å². The van der Waals surface area contributed by atoms with E-state index in [2.05, 4.69) is 277 Å². The minimum absolute atomic E-state index is 0.126. The second-order valence-corrected chi connectivity index (χ2v) is 19.7. The Bertz CT molecular complexity index is 4100. The van der Waals surface area contributed by atoms with Crippen molar-refractivity contribution in [2.45, 2.75) is 0 Å². The van der Waals surface area contributed by atoms with E-state index in [1.807, 2.05) is 6.20 Å². The Kier molecular flexibility index (Phi) is 9.95. The molecule has 348 valence electrons. The lowest BCUT2D eigenvalue weighted by atomic mass is 9.33. The normalized spacial score (nSPS) is 12.5. The molecule has 12 aromatic carbocycles. The number of benzene rings is 12. The molecule has 0 saturated carbocycles. The molecule has 0 amide bonds. The van der Waals surface area contributed by atoms with Crippen molar-refractivity contribution in [2.75, 3.05) is 9.80 Å². The average molecular weight is 953 g/mol. The zero-order chi connectivity index (χ0) is 49.4. The second-order valence-electron chi connectivity index (χ2n) is 19.7. The third kappa shape index (κ3) is 7.08. The summed E-state index contributed by atoms with van der Waals surface area (Å²) in [6, 6.07) is 97.2. The SMILES string of the molecule is c1ccc(-c2ccc(N3c4ccc(-c5ccccc5)cc4B4c5cc(-c6ccccc6)ccc5N(c5ccc(-c6ccccc6)cc5)c5cc(-c6cnc7c8ccccc8c8ccccc8c7n6)cc3c54)cc2)cc1. The van der Waals surface area contributed by atoms with Gasteiger partial charge in [0.05, 0.1) is 22.9 Å². The first-order valence-corrected chi connectivity index (χ1v) is 25.7. The maximum absolute atomic E-state index is 5.65. The van der Waals surface area contributed by atoms with E-state index < -0.39 is 0 Å². The third-order valence-corrected chi connectivity index (χ3v) is 15.5. The van der Waals surface area contributed by atoms with Crippen molar-refractivity contribution < 1.29 is 0 Å². The standard InChI is InChI=1S/C70H45BN4/c1-5-17-46(18-6-1)50-29-35-55(36-30-50)74-64-39-33-52(48-21-9-3-10-22-48)41-61(64)71-62-42-53(49-23-11-4-12-24-49)34-40-65(62)75(56-37-31-51(32-38-56)47-19-7-2-8-20-47)67-44-54(43-66(74)68(67)71)63-45-72-69-59-27-15-13-25-57(59)58-26-14-16-28-60(58)70(69)73-63/h1-45H. The molecule has 3 heterocycles. The Morgan fingerprint density at radius 3 is 1.08 bits per heavy atom. The topological polar surface area (TPSA) is 32.3 Å². The highest BCUT2D eigenvalue weighted by Gasteiger charge is 2.44. The summed E-state index contributed by atoms with van der Waals surface area (Å²) in [5, 5.41) is 4.54. The van der Waals surface area contributed by atoms with E-state index in [0.29, 0.717) is 0 Å². The van der Waals surface area contributed by atoms with E-state index >= 15 is 0 Å². The number of nitrogens with zero attached hydrogens (tertiary/aromatic N) is 4. The summed E-state index contributed by atoms with van der Waals surface area (Å²) in [5.74, 6) is 0. The van der Waals surface area contributed by atoms with Crippen LogP contribution in [-0.4, -0.2) is 16.7 Å². The molecule has 1 aromatic heterocycles.